The molecule has 2 fully saturated rings. The van der Waals surface area contributed by atoms with Crippen molar-refractivity contribution in [2.75, 3.05) is 31.5 Å². The van der Waals surface area contributed by atoms with Crippen molar-refractivity contribution in [1.29, 1.82) is 0 Å². The molecule has 2 N–H and O–H groups in total. The van der Waals surface area contributed by atoms with Crippen LogP contribution >= 0.6 is 24.8 Å². The van der Waals surface area contributed by atoms with Gasteiger partial charge in [-0.3, -0.25) is 9.69 Å². The minimum Gasteiger partial charge on any atom is -0.321 e. The quantitative estimate of drug-likeness (QED) is 0.722. The summed E-state index contributed by atoms with van der Waals surface area (Å²) in [5.41, 5.74) is 2.44. The average molecular weight is 455 g/mol. The highest BCUT2D eigenvalue weighted by Crippen LogP contribution is 2.20. The molecule has 0 spiro atoms. The van der Waals surface area contributed by atoms with E-state index in [1.165, 1.54) is 31.5 Å². The Kier molecular flexibility index (Phi) is 9.55. The van der Waals surface area contributed by atoms with Crippen LogP contribution in [-0.2, 0) is 6.54 Å². The molecular weight excluding hydrogens is 423 g/mol. The second kappa shape index (κ2) is 11.6. The number of piperidine rings is 2. The number of aromatic nitrogens is 3. The van der Waals surface area contributed by atoms with Crippen LogP contribution in [0.1, 0.15) is 54.7 Å². The van der Waals surface area contributed by atoms with E-state index in [0.29, 0.717) is 11.7 Å². The van der Waals surface area contributed by atoms with E-state index >= 15 is 0 Å². The number of carbonyl (C=O) groups is 1. The van der Waals surface area contributed by atoms with Crippen LogP contribution in [0, 0.1) is 5.92 Å². The van der Waals surface area contributed by atoms with Crippen molar-refractivity contribution in [1.82, 2.24) is 25.2 Å². The molecule has 166 valence electrons. The number of anilines is 1. The third-order valence-corrected chi connectivity index (χ3v) is 5.78. The van der Waals surface area contributed by atoms with Crippen LogP contribution in [0.3, 0.4) is 0 Å². The summed E-state index contributed by atoms with van der Waals surface area (Å²) >= 11 is 0. The van der Waals surface area contributed by atoms with Crippen LogP contribution in [0.4, 0.5) is 5.69 Å². The predicted octanol–water partition coefficient (Wildman–Crippen LogP) is 3.53. The van der Waals surface area contributed by atoms with Gasteiger partial charge in [0.1, 0.15) is 0 Å². The maximum Gasteiger partial charge on any atom is 0.277 e. The summed E-state index contributed by atoms with van der Waals surface area (Å²) in [6.45, 7) is 7.61. The van der Waals surface area contributed by atoms with E-state index in [2.05, 4.69) is 44.9 Å². The fourth-order valence-corrected chi connectivity index (χ4v) is 4.21. The Bertz CT molecular complexity index is 791. The monoisotopic (exact) mass is 454 g/mol. The van der Waals surface area contributed by atoms with Gasteiger partial charge in [0.05, 0.1) is 12.2 Å². The second-order valence-corrected chi connectivity index (χ2v) is 8.20. The Hall–Kier alpha value is -1.67. The molecule has 0 aliphatic carbocycles. The van der Waals surface area contributed by atoms with Crippen molar-refractivity contribution < 1.29 is 4.79 Å². The molecule has 2 aromatic rings. The number of rotatable bonds is 5. The molecule has 0 saturated carbocycles. The molecule has 2 aliphatic rings. The average Bonchev–Trinajstić information content (AvgIpc) is 3.21. The lowest BCUT2D eigenvalue weighted by Crippen LogP contribution is -2.33. The Morgan fingerprint density at radius 2 is 1.90 bits per heavy atom. The minimum atomic E-state index is -0.210. The SMILES string of the molecule is CC1CCCN(Cc2ccc(NC(=O)c3cn(C4CCNCC4)nn3)cc2)C1.Cl.Cl. The molecule has 0 bridgehead atoms. The normalized spacial score (nSPS) is 20.1. The fraction of sp³-hybridized carbons (Fsp3) is 0.571. The highest BCUT2D eigenvalue weighted by Gasteiger charge is 2.19. The van der Waals surface area contributed by atoms with Crippen LogP contribution in [0.25, 0.3) is 0 Å². The molecule has 1 unspecified atom stereocenters. The minimum absolute atomic E-state index is 0. The van der Waals surface area contributed by atoms with Crippen LogP contribution in [0.2, 0.25) is 0 Å². The highest BCUT2D eigenvalue weighted by molar-refractivity contribution is 6.02. The predicted molar refractivity (Wildman–Crippen MR) is 124 cm³/mol. The maximum absolute atomic E-state index is 12.5. The van der Waals surface area contributed by atoms with Crippen molar-refractivity contribution in [3.63, 3.8) is 0 Å². The van der Waals surface area contributed by atoms with Gasteiger partial charge in [-0.2, -0.15) is 0 Å². The molecule has 3 heterocycles. The van der Waals surface area contributed by atoms with Crippen LogP contribution in [0.15, 0.2) is 30.5 Å². The fourth-order valence-electron chi connectivity index (χ4n) is 4.21. The lowest BCUT2D eigenvalue weighted by Gasteiger charge is -2.30. The number of likely N-dealkylation sites (tertiary alicyclic amines) is 1. The number of nitrogens with one attached hydrogen (secondary N) is 2. The van der Waals surface area contributed by atoms with E-state index in [4.69, 9.17) is 0 Å². The Morgan fingerprint density at radius 3 is 2.60 bits per heavy atom. The molecule has 4 rings (SSSR count). The van der Waals surface area contributed by atoms with E-state index in [1.807, 2.05) is 16.8 Å². The third-order valence-electron chi connectivity index (χ3n) is 5.78. The lowest BCUT2D eigenvalue weighted by molar-refractivity contribution is 0.102. The zero-order chi connectivity index (χ0) is 19.3. The number of amides is 1. The molecule has 2 saturated heterocycles. The molecule has 1 aromatic heterocycles. The smallest absolute Gasteiger partial charge is 0.277 e. The zero-order valence-corrected chi connectivity index (χ0v) is 19.1. The second-order valence-electron chi connectivity index (χ2n) is 8.20. The van der Waals surface area contributed by atoms with Crippen LogP contribution in [-0.4, -0.2) is 52.0 Å². The molecule has 1 aromatic carbocycles. The molecule has 0 radical (unpaired) electrons. The number of nitrogens with zero attached hydrogens (tertiary/aromatic N) is 4. The lowest BCUT2D eigenvalue weighted by atomic mass is 10.00. The molecular formula is C21H32Cl2N6O. The van der Waals surface area contributed by atoms with Gasteiger partial charge in [0, 0.05) is 18.8 Å². The van der Waals surface area contributed by atoms with Crippen molar-refractivity contribution >= 4 is 36.4 Å². The molecule has 30 heavy (non-hydrogen) atoms. The van der Waals surface area contributed by atoms with Gasteiger partial charge in [0.25, 0.3) is 5.91 Å². The maximum atomic E-state index is 12.5. The first-order valence-electron chi connectivity index (χ1n) is 10.4. The summed E-state index contributed by atoms with van der Waals surface area (Å²) < 4.78 is 1.83. The van der Waals surface area contributed by atoms with Crippen LogP contribution in [0.5, 0.6) is 0 Å². The first-order valence-corrected chi connectivity index (χ1v) is 10.4. The largest absolute Gasteiger partial charge is 0.321 e. The number of hydrogen-bond acceptors (Lipinski definition) is 5. The van der Waals surface area contributed by atoms with Gasteiger partial charge >= 0.3 is 0 Å². The number of hydrogen-bond donors (Lipinski definition) is 2. The topological polar surface area (TPSA) is 75.1 Å². The van der Waals surface area contributed by atoms with E-state index in [0.717, 1.165) is 44.1 Å². The molecule has 7 nitrogen and oxygen atoms in total. The summed E-state index contributed by atoms with van der Waals surface area (Å²) in [6, 6.07) is 8.46. The number of benzene rings is 1. The molecule has 1 amide bonds. The van der Waals surface area contributed by atoms with Gasteiger partial charge in [-0.15, -0.1) is 29.9 Å². The first kappa shape index (κ1) is 24.6. The van der Waals surface area contributed by atoms with E-state index < -0.39 is 0 Å². The number of carbonyl (C=O) groups excluding carboxylic acids is 1. The summed E-state index contributed by atoms with van der Waals surface area (Å²) in [4.78, 5) is 15.0. The van der Waals surface area contributed by atoms with E-state index in [1.54, 1.807) is 6.20 Å². The van der Waals surface area contributed by atoms with Gasteiger partial charge in [-0.1, -0.05) is 24.3 Å². The van der Waals surface area contributed by atoms with Gasteiger partial charge in [-0.05, 0) is 68.9 Å². The van der Waals surface area contributed by atoms with E-state index in [-0.39, 0.29) is 30.7 Å². The standard InChI is InChI=1S/C21H30N6O.2ClH/c1-16-3-2-12-26(13-16)14-17-4-6-18(7-5-17)23-21(28)20-15-27(25-24-20)19-8-10-22-11-9-19;;/h4-7,15-16,19,22H,2-3,8-14H2,1H3,(H,23,28);2*1H. The Balaban J connectivity index is 0.00000160. The summed E-state index contributed by atoms with van der Waals surface area (Å²) in [5, 5.41) is 14.5. The van der Waals surface area contributed by atoms with Gasteiger partial charge in [0.2, 0.25) is 0 Å². The first-order chi connectivity index (χ1) is 13.7. The van der Waals surface area contributed by atoms with Gasteiger partial charge < -0.3 is 10.6 Å². The Labute approximate surface area is 190 Å². The van der Waals surface area contributed by atoms with Crippen LogP contribution < -0.4 is 10.6 Å². The Morgan fingerprint density at radius 1 is 1.17 bits per heavy atom. The molecule has 9 heteroatoms. The van der Waals surface area contributed by atoms with Crippen molar-refractivity contribution in [2.24, 2.45) is 5.92 Å². The van der Waals surface area contributed by atoms with Crippen molar-refractivity contribution in [3.05, 3.63) is 41.7 Å². The summed E-state index contributed by atoms with van der Waals surface area (Å²) in [7, 11) is 0. The third kappa shape index (κ3) is 6.41. The number of halogens is 2. The summed E-state index contributed by atoms with van der Waals surface area (Å²) in [5.74, 6) is 0.573. The molecule has 1 atom stereocenters. The van der Waals surface area contributed by atoms with Crippen molar-refractivity contribution in [3.8, 4) is 0 Å². The summed E-state index contributed by atoms with van der Waals surface area (Å²) in [6.07, 6.45) is 6.41. The van der Waals surface area contributed by atoms with Gasteiger partial charge in [-0.25, -0.2) is 4.68 Å². The zero-order valence-electron chi connectivity index (χ0n) is 17.4. The van der Waals surface area contributed by atoms with E-state index in [9.17, 15) is 4.79 Å². The molecule has 2 aliphatic heterocycles. The van der Waals surface area contributed by atoms with Crippen molar-refractivity contribution in [2.45, 2.75) is 45.2 Å². The highest BCUT2D eigenvalue weighted by atomic mass is 35.5. The van der Waals surface area contributed by atoms with Gasteiger partial charge in [0.15, 0.2) is 5.69 Å².